The molecule has 4 aromatic carbocycles. The molecule has 0 saturated carbocycles. The van der Waals surface area contributed by atoms with Crippen LogP contribution >= 0.6 is 0 Å². The third-order valence-corrected chi connectivity index (χ3v) is 6.89. The fourth-order valence-electron chi connectivity index (χ4n) is 4.74. The summed E-state index contributed by atoms with van der Waals surface area (Å²) in [6.07, 6.45) is -1.53. The molecule has 0 unspecified atom stereocenters. The van der Waals surface area contributed by atoms with E-state index in [0.717, 1.165) is 27.9 Å². The largest absolute Gasteiger partial charge is 0.490 e. The minimum atomic E-state index is -1.53. The van der Waals surface area contributed by atoms with Crippen LogP contribution in [0.3, 0.4) is 0 Å². The maximum Gasteiger partial charge on any atom is 0.337 e. The number of hydrogen-bond donors (Lipinski definition) is 3. The Bertz CT molecular complexity index is 1500. The van der Waals surface area contributed by atoms with Gasteiger partial charge >= 0.3 is 5.97 Å². The van der Waals surface area contributed by atoms with Gasteiger partial charge < -0.3 is 29.9 Å². The fourth-order valence-corrected chi connectivity index (χ4v) is 4.74. The van der Waals surface area contributed by atoms with E-state index >= 15 is 0 Å². The number of anilines is 1. The second-order valence-corrected chi connectivity index (χ2v) is 9.48. The quantitative estimate of drug-likeness (QED) is 0.225. The molecule has 0 aromatic heterocycles. The van der Waals surface area contributed by atoms with Gasteiger partial charge in [-0.25, -0.2) is 4.79 Å². The lowest BCUT2D eigenvalue weighted by molar-refractivity contribution is -0.0420. The number of carbonyl (C=O) groups excluding carboxylic acids is 2. The van der Waals surface area contributed by atoms with Crippen molar-refractivity contribution < 1.29 is 29.3 Å². The summed E-state index contributed by atoms with van der Waals surface area (Å²) >= 11 is 0. The lowest BCUT2D eigenvalue weighted by Crippen LogP contribution is -2.32. The summed E-state index contributed by atoms with van der Waals surface area (Å²) in [7, 11) is 1.34. The van der Waals surface area contributed by atoms with Crippen LogP contribution in [0.5, 0.6) is 5.75 Å². The molecule has 1 aliphatic rings. The summed E-state index contributed by atoms with van der Waals surface area (Å²) < 4.78 is 10.6. The second-order valence-electron chi connectivity index (χ2n) is 9.48. The van der Waals surface area contributed by atoms with Crippen LogP contribution in [0.2, 0.25) is 0 Å². The first-order valence-electron chi connectivity index (χ1n) is 12.9. The van der Waals surface area contributed by atoms with Gasteiger partial charge in [0.15, 0.2) is 6.29 Å². The first-order valence-corrected chi connectivity index (χ1v) is 12.9. The van der Waals surface area contributed by atoms with Crippen LogP contribution in [0.15, 0.2) is 91.0 Å². The Labute approximate surface area is 232 Å². The van der Waals surface area contributed by atoms with Crippen molar-refractivity contribution in [3.05, 3.63) is 119 Å². The van der Waals surface area contributed by atoms with Gasteiger partial charge in [-0.2, -0.15) is 0 Å². The number of hydrogen-bond acceptors (Lipinski definition) is 7. The molecule has 1 amide bonds. The predicted molar refractivity (Wildman–Crippen MR) is 151 cm³/mol. The van der Waals surface area contributed by atoms with Crippen LogP contribution in [0, 0.1) is 0 Å². The number of amides is 1. The Hall–Kier alpha value is -4.66. The lowest BCUT2D eigenvalue weighted by atomic mass is 9.98. The van der Waals surface area contributed by atoms with E-state index in [-0.39, 0.29) is 5.91 Å². The number of methoxy groups -OCH3 is 1. The van der Waals surface area contributed by atoms with Crippen molar-refractivity contribution in [2.75, 3.05) is 25.2 Å². The summed E-state index contributed by atoms with van der Waals surface area (Å²) in [5.41, 5.74) is 5.99. The number of esters is 1. The van der Waals surface area contributed by atoms with E-state index in [9.17, 15) is 19.8 Å². The smallest absolute Gasteiger partial charge is 0.337 e. The van der Waals surface area contributed by atoms with Crippen LogP contribution < -0.4 is 15.0 Å². The zero-order valence-corrected chi connectivity index (χ0v) is 22.0. The molecule has 204 valence electrons. The van der Waals surface area contributed by atoms with Gasteiger partial charge in [-0.15, -0.1) is 0 Å². The highest BCUT2D eigenvalue weighted by Gasteiger charge is 2.20. The van der Waals surface area contributed by atoms with Crippen LogP contribution in [-0.2, 0) is 17.8 Å². The molecule has 0 fully saturated rings. The highest BCUT2D eigenvalue weighted by molar-refractivity contribution is 5.95. The van der Waals surface area contributed by atoms with Gasteiger partial charge in [0.2, 0.25) is 0 Å². The number of benzene rings is 4. The second kappa shape index (κ2) is 12.0. The minimum absolute atomic E-state index is 0.218. The fraction of sp³-hybridized carbons (Fsp3) is 0.188. The van der Waals surface area contributed by atoms with Crippen molar-refractivity contribution in [3.8, 4) is 16.9 Å². The van der Waals surface area contributed by atoms with Crippen molar-refractivity contribution in [3.63, 3.8) is 0 Å². The molecule has 8 heteroatoms. The number of nitrogens with one attached hydrogen (secondary N) is 1. The minimum Gasteiger partial charge on any atom is -0.490 e. The molecular formula is C32H30N2O6. The standard InChI is InChI=1S/C32H30N2O6/c1-39-32(38)24-12-6-21(7-13-24)19-33-30(35)25-14-15-28-29(18-25)40-17-16-34(28)20-22-8-10-23(11-9-22)26-4-2-3-5-27(26)31(36)37/h2-15,18,31,36-37H,16-17,19-20H2,1H3,(H,33,35). The molecule has 0 atom stereocenters. The van der Waals surface area contributed by atoms with Gasteiger partial charge in [0.25, 0.3) is 5.91 Å². The molecule has 1 aliphatic heterocycles. The topological polar surface area (TPSA) is 108 Å². The van der Waals surface area contributed by atoms with Crippen LogP contribution in [0.4, 0.5) is 5.69 Å². The first kappa shape index (κ1) is 26.9. The van der Waals surface area contributed by atoms with E-state index in [2.05, 4.69) is 10.2 Å². The van der Waals surface area contributed by atoms with Gasteiger partial charge in [0.1, 0.15) is 12.4 Å². The van der Waals surface area contributed by atoms with Gasteiger partial charge in [0.05, 0.1) is 24.9 Å². The number of rotatable bonds is 8. The van der Waals surface area contributed by atoms with Gasteiger partial charge in [-0.1, -0.05) is 60.7 Å². The molecular weight excluding hydrogens is 508 g/mol. The Morgan fingerprint density at radius 2 is 1.62 bits per heavy atom. The maximum atomic E-state index is 12.8. The normalized spacial score (nSPS) is 12.4. The predicted octanol–water partition coefficient (Wildman–Crippen LogP) is 4.45. The number of nitrogens with zero attached hydrogens (tertiary/aromatic N) is 1. The highest BCUT2D eigenvalue weighted by atomic mass is 16.5. The average Bonchev–Trinajstić information content (AvgIpc) is 3.00. The zero-order chi connectivity index (χ0) is 28.1. The number of aliphatic hydroxyl groups is 2. The molecule has 1 heterocycles. The van der Waals surface area contributed by atoms with E-state index in [1.54, 1.807) is 48.5 Å². The van der Waals surface area contributed by atoms with Crippen molar-refractivity contribution in [2.45, 2.75) is 19.4 Å². The average molecular weight is 539 g/mol. The summed E-state index contributed by atoms with van der Waals surface area (Å²) in [5.74, 6) is 0.0357. The molecule has 0 bridgehead atoms. The number of aliphatic hydroxyl groups excluding tert-OH is 1. The third-order valence-electron chi connectivity index (χ3n) is 6.89. The Morgan fingerprint density at radius 3 is 2.35 bits per heavy atom. The van der Waals surface area contributed by atoms with Crippen molar-refractivity contribution in [2.24, 2.45) is 0 Å². The van der Waals surface area contributed by atoms with E-state index in [4.69, 9.17) is 9.47 Å². The van der Waals surface area contributed by atoms with Crippen molar-refractivity contribution in [1.82, 2.24) is 5.32 Å². The summed E-state index contributed by atoms with van der Waals surface area (Å²) in [4.78, 5) is 26.6. The van der Waals surface area contributed by atoms with Gasteiger partial charge in [-0.3, -0.25) is 4.79 Å². The zero-order valence-electron chi connectivity index (χ0n) is 22.0. The molecule has 3 N–H and O–H groups in total. The monoisotopic (exact) mass is 538 g/mol. The SMILES string of the molecule is COC(=O)c1ccc(CNC(=O)c2ccc3c(c2)OCCN3Cc2ccc(-c3ccccc3C(O)O)cc2)cc1. The van der Waals surface area contributed by atoms with E-state index in [1.165, 1.54) is 7.11 Å². The first-order chi connectivity index (χ1) is 19.4. The van der Waals surface area contributed by atoms with E-state index in [1.807, 2.05) is 42.5 Å². The molecule has 4 aromatic rings. The maximum absolute atomic E-state index is 12.8. The molecule has 0 saturated heterocycles. The highest BCUT2D eigenvalue weighted by Crippen LogP contribution is 2.34. The Morgan fingerprint density at radius 1 is 0.925 bits per heavy atom. The molecule has 0 aliphatic carbocycles. The van der Waals surface area contributed by atoms with Gasteiger partial charge in [-0.05, 0) is 52.6 Å². The molecule has 0 spiro atoms. The Balaban J connectivity index is 1.24. The number of carbonyl (C=O) groups is 2. The molecule has 0 radical (unpaired) electrons. The third kappa shape index (κ3) is 5.98. The van der Waals surface area contributed by atoms with Crippen LogP contribution in [0.1, 0.15) is 43.7 Å². The van der Waals surface area contributed by atoms with Crippen molar-refractivity contribution in [1.29, 1.82) is 0 Å². The lowest BCUT2D eigenvalue weighted by Gasteiger charge is -2.31. The molecule has 40 heavy (non-hydrogen) atoms. The van der Waals surface area contributed by atoms with Crippen LogP contribution in [-0.4, -0.2) is 42.4 Å². The Kier molecular flexibility index (Phi) is 8.10. The molecule has 5 rings (SSSR count). The number of fused-ring (bicyclic) bond motifs is 1. The van der Waals surface area contributed by atoms with Gasteiger partial charge in [0, 0.05) is 24.2 Å². The molecule has 8 nitrogen and oxygen atoms in total. The van der Waals surface area contributed by atoms with E-state index in [0.29, 0.717) is 48.7 Å². The van der Waals surface area contributed by atoms with E-state index < -0.39 is 12.3 Å². The summed E-state index contributed by atoms with van der Waals surface area (Å²) in [5, 5.41) is 22.3. The summed E-state index contributed by atoms with van der Waals surface area (Å²) in [6, 6.07) is 27.6. The van der Waals surface area contributed by atoms with Crippen molar-refractivity contribution >= 4 is 17.6 Å². The van der Waals surface area contributed by atoms with Crippen LogP contribution in [0.25, 0.3) is 11.1 Å². The number of ether oxygens (including phenoxy) is 2. The summed E-state index contributed by atoms with van der Waals surface area (Å²) in [6.45, 7) is 2.20.